The number of hydrogen-bond donors (Lipinski definition) is 0. The highest BCUT2D eigenvalue weighted by Gasteiger charge is 2.43. The van der Waals surface area contributed by atoms with E-state index in [4.69, 9.17) is 0 Å². The maximum absolute atomic E-state index is 13.2. The van der Waals surface area contributed by atoms with Crippen LogP contribution in [0.2, 0.25) is 0 Å². The van der Waals surface area contributed by atoms with Gasteiger partial charge in [0.25, 0.3) is 11.8 Å². The van der Waals surface area contributed by atoms with Crippen molar-refractivity contribution in [2.45, 2.75) is 13.8 Å². The molecule has 0 saturated carbocycles. The highest BCUT2D eigenvalue weighted by molar-refractivity contribution is 8.18. The van der Waals surface area contributed by atoms with Crippen molar-refractivity contribution in [3.63, 3.8) is 0 Å². The summed E-state index contributed by atoms with van der Waals surface area (Å²) in [6.07, 6.45) is 1.60. The molecular formula is C20H16N4O3S2. The van der Waals surface area contributed by atoms with Crippen molar-refractivity contribution in [1.29, 1.82) is 0 Å². The van der Waals surface area contributed by atoms with Crippen LogP contribution in [0.4, 0.5) is 10.8 Å². The maximum Gasteiger partial charge on any atom is 0.267 e. The van der Waals surface area contributed by atoms with E-state index >= 15 is 0 Å². The van der Waals surface area contributed by atoms with E-state index in [1.54, 1.807) is 30.3 Å². The standard InChI is InChI=1S/C20H16N4O3S2/c1-4-9-23-18(27)16(29-20(23)22-19-21-11(2)10-28-19)15-13-7-5-6-8-14(13)24(12(3)25)17(15)26/h4-8,10H,1,9H2,2-3H3/b16-15-,22-20+. The van der Waals surface area contributed by atoms with Crippen molar-refractivity contribution in [2.24, 2.45) is 4.99 Å². The van der Waals surface area contributed by atoms with Crippen LogP contribution in [0.15, 0.2) is 52.2 Å². The molecule has 0 N–H and O–H groups in total. The molecule has 0 spiro atoms. The molecule has 9 heteroatoms. The van der Waals surface area contributed by atoms with E-state index in [0.717, 1.165) is 22.4 Å². The summed E-state index contributed by atoms with van der Waals surface area (Å²) in [5.41, 5.74) is 2.11. The number of aliphatic imine (C=N–C) groups is 1. The van der Waals surface area contributed by atoms with Crippen LogP contribution in [0.3, 0.4) is 0 Å². The maximum atomic E-state index is 13.2. The van der Waals surface area contributed by atoms with Crippen LogP contribution in [0.1, 0.15) is 18.2 Å². The quantitative estimate of drug-likeness (QED) is 0.556. The van der Waals surface area contributed by atoms with E-state index in [2.05, 4.69) is 16.6 Å². The van der Waals surface area contributed by atoms with Crippen molar-refractivity contribution >= 4 is 62.4 Å². The zero-order valence-electron chi connectivity index (χ0n) is 15.7. The lowest BCUT2D eigenvalue weighted by molar-refractivity contribution is -0.124. The molecule has 2 aliphatic heterocycles. The summed E-state index contributed by atoms with van der Waals surface area (Å²) in [6.45, 7) is 7.15. The number of amidine groups is 1. The first-order valence-corrected chi connectivity index (χ1v) is 10.4. The second-order valence-corrected chi connectivity index (χ2v) is 8.17. The number of thioether (sulfide) groups is 1. The number of para-hydroxylation sites is 1. The molecule has 1 aromatic carbocycles. The molecular weight excluding hydrogens is 408 g/mol. The van der Waals surface area contributed by atoms with Crippen LogP contribution in [-0.2, 0) is 14.4 Å². The van der Waals surface area contributed by atoms with Gasteiger partial charge >= 0.3 is 0 Å². The van der Waals surface area contributed by atoms with E-state index < -0.39 is 11.8 Å². The Balaban J connectivity index is 1.86. The Morgan fingerprint density at radius 2 is 2.03 bits per heavy atom. The number of thiazole rings is 1. The minimum atomic E-state index is -0.501. The summed E-state index contributed by atoms with van der Waals surface area (Å²) in [4.78, 5) is 49.9. The lowest BCUT2D eigenvalue weighted by atomic mass is 10.1. The van der Waals surface area contributed by atoms with Crippen LogP contribution in [0, 0.1) is 6.92 Å². The molecule has 2 aliphatic rings. The number of anilines is 1. The van der Waals surface area contributed by atoms with E-state index in [1.807, 2.05) is 12.3 Å². The second-order valence-electron chi connectivity index (χ2n) is 6.35. The van der Waals surface area contributed by atoms with Gasteiger partial charge in [0, 0.05) is 24.4 Å². The number of fused-ring (bicyclic) bond motifs is 1. The number of hydrogen-bond acceptors (Lipinski definition) is 7. The van der Waals surface area contributed by atoms with Crippen LogP contribution in [0.5, 0.6) is 0 Å². The van der Waals surface area contributed by atoms with Crippen molar-refractivity contribution in [3.05, 3.63) is 58.5 Å². The molecule has 0 unspecified atom stereocenters. The Kier molecular flexibility index (Phi) is 4.93. The summed E-state index contributed by atoms with van der Waals surface area (Å²) in [6, 6.07) is 6.96. The summed E-state index contributed by atoms with van der Waals surface area (Å²) in [5.74, 6) is -1.24. The summed E-state index contributed by atoms with van der Waals surface area (Å²) in [5, 5.41) is 2.83. The van der Waals surface area contributed by atoms with Gasteiger partial charge in [0.1, 0.15) is 0 Å². The lowest BCUT2D eigenvalue weighted by Gasteiger charge is -2.12. The highest BCUT2D eigenvalue weighted by Crippen LogP contribution is 2.45. The average molecular weight is 425 g/mol. The average Bonchev–Trinajstić information content (AvgIpc) is 3.31. The Morgan fingerprint density at radius 3 is 2.69 bits per heavy atom. The first kappa shape index (κ1) is 19.3. The minimum Gasteiger partial charge on any atom is -0.282 e. The molecule has 1 aromatic heterocycles. The molecule has 0 aliphatic carbocycles. The highest BCUT2D eigenvalue weighted by atomic mass is 32.2. The molecule has 1 saturated heterocycles. The lowest BCUT2D eigenvalue weighted by Crippen LogP contribution is -2.32. The molecule has 4 rings (SSSR count). The predicted molar refractivity (Wildman–Crippen MR) is 115 cm³/mol. The third kappa shape index (κ3) is 3.22. The Bertz CT molecular complexity index is 1130. The van der Waals surface area contributed by atoms with E-state index in [1.165, 1.54) is 23.2 Å². The van der Waals surface area contributed by atoms with E-state index in [0.29, 0.717) is 21.6 Å². The zero-order valence-corrected chi connectivity index (χ0v) is 17.3. The van der Waals surface area contributed by atoms with Gasteiger partial charge in [-0.05, 0) is 24.8 Å². The van der Waals surface area contributed by atoms with Crippen molar-refractivity contribution in [1.82, 2.24) is 9.88 Å². The van der Waals surface area contributed by atoms with Gasteiger partial charge in [-0.1, -0.05) is 24.3 Å². The van der Waals surface area contributed by atoms with Crippen LogP contribution >= 0.6 is 23.1 Å². The molecule has 7 nitrogen and oxygen atoms in total. The van der Waals surface area contributed by atoms with Crippen LogP contribution in [0.25, 0.3) is 5.57 Å². The SMILES string of the molecule is C=CCN1C(=O)/C(=C2/C(=O)N(C(C)=O)c3ccccc32)S/C1=N/c1nc(C)cs1. The number of amides is 3. The summed E-state index contributed by atoms with van der Waals surface area (Å²) >= 11 is 2.49. The minimum absolute atomic E-state index is 0.223. The van der Waals surface area contributed by atoms with Gasteiger partial charge in [-0.15, -0.1) is 17.9 Å². The van der Waals surface area contributed by atoms with Gasteiger partial charge < -0.3 is 0 Å². The van der Waals surface area contributed by atoms with E-state index in [-0.39, 0.29) is 22.9 Å². The molecule has 29 heavy (non-hydrogen) atoms. The Hall–Kier alpha value is -3.04. The fourth-order valence-corrected chi connectivity index (χ4v) is 4.96. The third-order valence-corrected chi connectivity index (χ3v) is 6.28. The van der Waals surface area contributed by atoms with Gasteiger partial charge in [0.2, 0.25) is 11.0 Å². The Labute approximate surface area is 175 Å². The fourth-order valence-electron chi connectivity index (χ4n) is 3.15. The number of nitrogens with zero attached hydrogens (tertiary/aromatic N) is 4. The smallest absolute Gasteiger partial charge is 0.267 e. The molecule has 0 radical (unpaired) electrons. The molecule has 3 heterocycles. The topological polar surface area (TPSA) is 82.9 Å². The molecule has 3 amide bonds. The van der Waals surface area contributed by atoms with Crippen LogP contribution in [-0.4, -0.2) is 39.3 Å². The molecule has 0 atom stereocenters. The third-order valence-electron chi connectivity index (χ3n) is 4.35. The molecule has 1 fully saturated rings. The number of imide groups is 1. The number of benzene rings is 1. The van der Waals surface area contributed by atoms with Crippen LogP contribution < -0.4 is 4.90 Å². The van der Waals surface area contributed by atoms with Gasteiger partial charge in [-0.2, -0.15) is 4.99 Å². The van der Waals surface area contributed by atoms with Crippen molar-refractivity contribution in [3.8, 4) is 0 Å². The normalized spacial score (nSPS) is 20.0. The summed E-state index contributed by atoms with van der Waals surface area (Å²) < 4.78 is 0. The monoisotopic (exact) mass is 424 g/mol. The Morgan fingerprint density at radius 1 is 1.28 bits per heavy atom. The fraction of sp³-hybridized carbons (Fsp3) is 0.150. The predicted octanol–water partition coefficient (Wildman–Crippen LogP) is 3.50. The van der Waals surface area contributed by atoms with Gasteiger partial charge in [-0.25, -0.2) is 9.88 Å². The first-order chi connectivity index (χ1) is 13.9. The molecule has 2 aromatic rings. The first-order valence-electron chi connectivity index (χ1n) is 8.72. The van der Waals surface area contributed by atoms with Crippen molar-refractivity contribution < 1.29 is 14.4 Å². The largest absolute Gasteiger partial charge is 0.282 e. The van der Waals surface area contributed by atoms with Crippen molar-refractivity contribution in [2.75, 3.05) is 11.4 Å². The number of carbonyl (C=O) groups excluding carboxylic acids is 3. The second kappa shape index (κ2) is 7.41. The number of carbonyl (C=O) groups is 3. The number of aryl methyl sites for hydroxylation is 1. The number of rotatable bonds is 3. The van der Waals surface area contributed by atoms with Gasteiger partial charge in [0.05, 0.1) is 21.9 Å². The van der Waals surface area contributed by atoms with Gasteiger partial charge in [0.15, 0.2) is 5.17 Å². The zero-order chi connectivity index (χ0) is 20.7. The number of aromatic nitrogens is 1. The van der Waals surface area contributed by atoms with E-state index in [9.17, 15) is 14.4 Å². The van der Waals surface area contributed by atoms with Gasteiger partial charge in [-0.3, -0.25) is 19.3 Å². The molecule has 0 bridgehead atoms. The molecule has 146 valence electrons. The summed E-state index contributed by atoms with van der Waals surface area (Å²) in [7, 11) is 0.